The number of hydrazone groups is 1. The maximum Gasteiger partial charge on any atom is 0.259 e. The number of amides is 2. The molecule has 0 unspecified atom stereocenters. The van der Waals surface area contributed by atoms with Gasteiger partial charge in [0.1, 0.15) is 5.75 Å². The molecule has 2 aromatic rings. The summed E-state index contributed by atoms with van der Waals surface area (Å²) in [5.41, 5.74) is 3.30. The van der Waals surface area contributed by atoms with Crippen LogP contribution in [0.5, 0.6) is 5.75 Å². The number of carbonyl (C=O) groups excluding carboxylic acids is 2. The molecule has 0 aliphatic heterocycles. The van der Waals surface area contributed by atoms with Gasteiger partial charge >= 0.3 is 0 Å². The first kappa shape index (κ1) is 19.8. The van der Waals surface area contributed by atoms with Gasteiger partial charge in [-0.2, -0.15) is 5.10 Å². The number of halogens is 2. The fourth-order valence-corrected chi connectivity index (χ4v) is 2.51. The predicted octanol–water partition coefficient (Wildman–Crippen LogP) is 3.27. The average Bonchev–Trinajstić information content (AvgIpc) is 2.61. The van der Waals surface area contributed by atoms with E-state index in [0.29, 0.717) is 17.4 Å². The number of nitrogens with zero attached hydrogens (tertiary/aromatic N) is 1. The van der Waals surface area contributed by atoms with Gasteiger partial charge in [0.05, 0.1) is 30.0 Å². The maximum atomic E-state index is 12.0. The number of benzene rings is 2. The van der Waals surface area contributed by atoms with Gasteiger partial charge in [0.2, 0.25) is 0 Å². The molecular formula is C18H17Cl2N3O3. The van der Waals surface area contributed by atoms with Crippen molar-refractivity contribution in [1.82, 2.24) is 10.7 Å². The van der Waals surface area contributed by atoms with Crippen molar-refractivity contribution in [2.75, 3.05) is 13.2 Å². The lowest BCUT2D eigenvalue weighted by Crippen LogP contribution is -2.35. The summed E-state index contributed by atoms with van der Waals surface area (Å²) >= 11 is 11.7. The molecule has 6 nitrogen and oxygen atoms in total. The van der Waals surface area contributed by atoms with Gasteiger partial charge in [-0.05, 0) is 37.3 Å². The quantitative estimate of drug-likeness (QED) is 0.559. The van der Waals surface area contributed by atoms with E-state index in [1.165, 1.54) is 18.3 Å². The fourth-order valence-electron chi connectivity index (χ4n) is 2.02. The second kappa shape index (κ2) is 9.79. The van der Waals surface area contributed by atoms with Gasteiger partial charge in [-0.1, -0.05) is 35.3 Å². The zero-order valence-corrected chi connectivity index (χ0v) is 15.5. The minimum atomic E-state index is -0.479. The Bertz CT molecular complexity index is 825. The summed E-state index contributed by atoms with van der Waals surface area (Å²) in [6.07, 6.45) is 1.47. The van der Waals surface area contributed by atoms with Crippen LogP contribution in [0.25, 0.3) is 0 Å². The fraction of sp³-hybridized carbons (Fsp3) is 0.167. The molecule has 0 aromatic heterocycles. The van der Waals surface area contributed by atoms with E-state index in [0.717, 1.165) is 5.56 Å². The molecule has 0 aliphatic rings. The highest BCUT2D eigenvalue weighted by atomic mass is 35.5. The molecule has 2 amide bonds. The molecule has 0 bridgehead atoms. The van der Waals surface area contributed by atoms with Crippen LogP contribution < -0.4 is 15.5 Å². The molecule has 0 spiro atoms. The first-order valence-corrected chi connectivity index (χ1v) is 8.54. The van der Waals surface area contributed by atoms with E-state index in [1.54, 1.807) is 6.07 Å². The summed E-state index contributed by atoms with van der Waals surface area (Å²) in [5.74, 6) is -0.292. The van der Waals surface area contributed by atoms with Gasteiger partial charge in [0.15, 0.2) is 0 Å². The molecule has 0 heterocycles. The van der Waals surface area contributed by atoms with Crippen LogP contribution >= 0.6 is 23.2 Å². The molecule has 0 fully saturated rings. The number of rotatable bonds is 7. The van der Waals surface area contributed by atoms with Crippen molar-refractivity contribution < 1.29 is 14.3 Å². The Morgan fingerprint density at radius 1 is 1.19 bits per heavy atom. The monoisotopic (exact) mass is 393 g/mol. The Balaban J connectivity index is 1.86. The van der Waals surface area contributed by atoms with Crippen LogP contribution in [0.15, 0.2) is 47.6 Å². The third-order valence-corrected chi connectivity index (χ3v) is 3.74. The van der Waals surface area contributed by atoms with E-state index in [4.69, 9.17) is 27.9 Å². The normalized spacial score (nSPS) is 10.6. The summed E-state index contributed by atoms with van der Waals surface area (Å²) in [5, 5.41) is 6.96. The van der Waals surface area contributed by atoms with E-state index in [-0.39, 0.29) is 17.1 Å². The Morgan fingerprint density at radius 3 is 2.69 bits per heavy atom. The average molecular weight is 394 g/mol. The number of nitrogens with one attached hydrogen (secondary N) is 2. The van der Waals surface area contributed by atoms with E-state index in [2.05, 4.69) is 15.8 Å². The summed E-state index contributed by atoms with van der Waals surface area (Å²) < 4.78 is 5.46. The third-order valence-electron chi connectivity index (χ3n) is 3.20. The van der Waals surface area contributed by atoms with Crippen molar-refractivity contribution in [2.24, 2.45) is 5.10 Å². The molecule has 2 aromatic carbocycles. The van der Waals surface area contributed by atoms with Crippen molar-refractivity contribution in [3.63, 3.8) is 0 Å². The molecule has 0 saturated carbocycles. The number of hydrogen-bond acceptors (Lipinski definition) is 4. The Labute approximate surface area is 161 Å². The summed E-state index contributed by atoms with van der Waals surface area (Å²) in [4.78, 5) is 23.8. The highest BCUT2D eigenvalue weighted by molar-refractivity contribution is 6.36. The molecule has 26 heavy (non-hydrogen) atoms. The lowest BCUT2D eigenvalue weighted by atomic mass is 10.2. The molecule has 136 valence electrons. The van der Waals surface area contributed by atoms with Gasteiger partial charge in [0, 0.05) is 10.6 Å². The highest BCUT2D eigenvalue weighted by Gasteiger charge is 2.11. The topological polar surface area (TPSA) is 79.8 Å². The zero-order chi connectivity index (χ0) is 18.9. The molecule has 0 aliphatic carbocycles. The van der Waals surface area contributed by atoms with Crippen LogP contribution in [0.1, 0.15) is 22.8 Å². The number of ether oxygens (including phenoxy) is 1. The summed E-state index contributed by atoms with van der Waals surface area (Å²) in [6.45, 7) is 2.16. The minimum Gasteiger partial charge on any atom is -0.493 e. The largest absolute Gasteiger partial charge is 0.493 e. The smallest absolute Gasteiger partial charge is 0.259 e. The molecular weight excluding hydrogens is 377 g/mol. The van der Waals surface area contributed by atoms with E-state index in [1.807, 2.05) is 31.2 Å². The van der Waals surface area contributed by atoms with Crippen LogP contribution in [0.4, 0.5) is 0 Å². The predicted molar refractivity (Wildman–Crippen MR) is 102 cm³/mol. The lowest BCUT2D eigenvalue weighted by Gasteiger charge is -2.07. The summed E-state index contributed by atoms with van der Waals surface area (Å²) in [7, 11) is 0. The first-order chi connectivity index (χ1) is 12.5. The summed E-state index contributed by atoms with van der Waals surface area (Å²) in [6, 6.07) is 11.8. The molecule has 2 N–H and O–H groups in total. The van der Waals surface area contributed by atoms with Crippen LogP contribution in [0.2, 0.25) is 10.0 Å². The lowest BCUT2D eigenvalue weighted by molar-refractivity contribution is -0.120. The number of carbonyl (C=O) groups is 2. The van der Waals surface area contributed by atoms with Gasteiger partial charge in [-0.15, -0.1) is 0 Å². The Kier molecular flexibility index (Phi) is 7.44. The van der Waals surface area contributed by atoms with Gasteiger partial charge in [0.25, 0.3) is 11.8 Å². The SMILES string of the molecule is CCOc1ccccc1/C=N\NC(=O)CNC(=O)c1ccc(Cl)cc1Cl. The molecule has 2 rings (SSSR count). The molecule has 0 atom stereocenters. The van der Waals surface area contributed by atoms with E-state index in [9.17, 15) is 9.59 Å². The van der Waals surface area contributed by atoms with Gasteiger partial charge in [-0.25, -0.2) is 5.43 Å². The van der Waals surface area contributed by atoms with Crippen molar-refractivity contribution in [2.45, 2.75) is 6.92 Å². The van der Waals surface area contributed by atoms with Crippen LogP contribution in [-0.2, 0) is 4.79 Å². The maximum absolute atomic E-state index is 12.0. The molecule has 0 saturated heterocycles. The molecule has 0 radical (unpaired) electrons. The van der Waals surface area contributed by atoms with Crippen molar-refractivity contribution in [3.05, 3.63) is 63.6 Å². The standard InChI is InChI=1S/C18H17Cl2N3O3/c1-2-26-16-6-4-3-5-12(16)10-22-23-17(24)11-21-18(25)14-8-7-13(19)9-15(14)20/h3-10H,2,11H2,1H3,(H,21,25)(H,23,24)/b22-10-. The zero-order valence-electron chi connectivity index (χ0n) is 14.0. The van der Waals surface area contributed by atoms with Gasteiger partial charge in [-0.3, -0.25) is 9.59 Å². The number of para-hydroxylation sites is 1. The van der Waals surface area contributed by atoms with Gasteiger partial charge < -0.3 is 10.1 Å². The van der Waals surface area contributed by atoms with Crippen LogP contribution in [-0.4, -0.2) is 31.2 Å². The van der Waals surface area contributed by atoms with Crippen molar-refractivity contribution in [1.29, 1.82) is 0 Å². The van der Waals surface area contributed by atoms with Crippen LogP contribution in [0.3, 0.4) is 0 Å². The first-order valence-electron chi connectivity index (χ1n) is 7.78. The second-order valence-electron chi connectivity index (χ2n) is 5.07. The third kappa shape index (κ3) is 5.75. The Hall–Kier alpha value is -2.57. The number of hydrogen-bond donors (Lipinski definition) is 2. The van der Waals surface area contributed by atoms with E-state index < -0.39 is 11.8 Å². The second-order valence-corrected chi connectivity index (χ2v) is 5.91. The van der Waals surface area contributed by atoms with E-state index >= 15 is 0 Å². The Morgan fingerprint density at radius 2 is 1.96 bits per heavy atom. The van der Waals surface area contributed by atoms with Crippen LogP contribution in [0, 0.1) is 0 Å². The molecule has 8 heteroatoms. The minimum absolute atomic E-state index is 0.209. The van der Waals surface area contributed by atoms with Crippen molar-refractivity contribution >= 4 is 41.2 Å². The van der Waals surface area contributed by atoms with Crippen molar-refractivity contribution in [3.8, 4) is 5.75 Å². The highest BCUT2D eigenvalue weighted by Crippen LogP contribution is 2.20.